The first-order valence-electron chi connectivity index (χ1n) is 4.40. The number of hydrogen-bond donors (Lipinski definition) is 2. The Kier molecular flexibility index (Phi) is 2.59. The third-order valence-electron chi connectivity index (χ3n) is 1.90. The van der Waals surface area contributed by atoms with Gasteiger partial charge in [-0.2, -0.15) is 17.6 Å². The van der Waals surface area contributed by atoms with Crippen molar-refractivity contribution in [2.24, 2.45) is 0 Å². The third kappa shape index (κ3) is 2.10. The highest BCUT2D eigenvalue weighted by atomic mass is 32.1. The summed E-state index contributed by atoms with van der Waals surface area (Å²) in [6.45, 7) is 1.95. The maximum atomic E-state index is 5.35. The van der Waals surface area contributed by atoms with Gasteiger partial charge < -0.3 is 10.3 Å². The van der Waals surface area contributed by atoms with E-state index in [1.165, 1.54) is 0 Å². The normalized spacial score (nSPS) is 12.7. The van der Waals surface area contributed by atoms with Gasteiger partial charge in [-0.25, -0.2) is 0 Å². The van der Waals surface area contributed by atoms with Crippen LogP contribution in [0, 0.1) is 0 Å². The van der Waals surface area contributed by atoms with Crippen LogP contribution in [-0.2, 0) is 0 Å². The summed E-state index contributed by atoms with van der Waals surface area (Å²) < 4.78 is 4.91. The Bertz CT molecular complexity index is 451. The summed E-state index contributed by atoms with van der Waals surface area (Å²) in [5.41, 5.74) is 6.99. The highest BCUT2D eigenvalue weighted by Crippen LogP contribution is 2.20. The van der Waals surface area contributed by atoms with Crippen LogP contribution in [-0.4, -0.2) is 15.1 Å². The van der Waals surface area contributed by atoms with E-state index in [1.54, 1.807) is 6.20 Å². The molecule has 0 spiro atoms. The second-order valence-electron chi connectivity index (χ2n) is 3.11. The number of hydrogen-bond acceptors (Lipinski definition) is 6. The Morgan fingerprint density at radius 3 is 2.73 bits per heavy atom. The minimum Gasteiger partial charge on any atom is -0.365 e. The largest absolute Gasteiger partial charge is 0.365 e. The molecule has 0 saturated heterocycles. The molecule has 1 atom stereocenters. The van der Waals surface area contributed by atoms with Crippen LogP contribution in [0.25, 0.3) is 11.5 Å². The van der Waals surface area contributed by atoms with Crippen LogP contribution in [0.4, 0.5) is 5.95 Å². The fourth-order valence-electron chi connectivity index (χ4n) is 1.13. The predicted molar refractivity (Wildman–Crippen MR) is 59.3 cm³/mol. The first kappa shape index (κ1) is 9.97. The molecule has 2 rings (SSSR count). The minimum absolute atomic E-state index is 0.104. The van der Waals surface area contributed by atoms with Crippen molar-refractivity contribution < 1.29 is 4.52 Å². The number of aromatic nitrogens is 3. The number of nitrogens with zero attached hydrogens (tertiary/aromatic N) is 3. The first-order valence-corrected chi connectivity index (χ1v) is 4.92. The van der Waals surface area contributed by atoms with Gasteiger partial charge in [0, 0.05) is 11.4 Å². The zero-order valence-corrected chi connectivity index (χ0v) is 8.98. The molecule has 15 heavy (non-hydrogen) atoms. The standard InChI is InChI=1S/C9H10N4OS/c1-5(15)7-3-2-6(4-11-7)8-12-9(10)13-14-8/h2-5,15H,1H3,(H2,10,13). The first-order chi connectivity index (χ1) is 7.16. The van der Waals surface area contributed by atoms with Gasteiger partial charge in [0.05, 0.1) is 11.3 Å². The Labute approximate surface area is 92.1 Å². The molecule has 2 aromatic rings. The molecule has 78 valence electrons. The van der Waals surface area contributed by atoms with E-state index >= 15 is 0 Å². The van der Waals surface area contributed by atoms with E-state index in [0.29, 0.717) is 5.89 Å². The van der Waals surface area contributed by atoms with E-state index in [9.17, 15) is 0 Å². The molecule has 1 unspecified atom stereocenters. The van der Waals surface area contributed by atoms with E-state index in [1.807, 2.05) is 19.1 Å². The number of nitrogen functional groups attached to an aromatic ring is 1. The van der Waals surface area contributed by atoms with Crippen molar-refractivity contribution in [3.8, 4) is 11.5 Å². The molecular weight excluding hydrogens is 212 g/mol. The molecule has 2 heterocycles. The van der Waals surface area contributed by atoms with Gasteiger partial charge in [-0.3, -0.25) is 4.98 Å². The Morgan fingerprint density at radius 1 is 1.47 bits per heavy atom. The summed E-state index contributed by atoms with van der Waals surface area (Å²) >= 11 is 4.28. The molecule has 0 aliphatic heterocycles. The summed E-state index contributed by atoms with van der Waals surface area (Å²) in [5.74, 6) is 0.495. The van der Waals surface area contributed by atoms with Gasteiger partial charge in [0.15, 0.2) is 0 Å². The zero-order chi connectivity index (χ0) is 10.8. The van der Waals surface area contributed by atoms with E-state index in [0.717, 1.165) is 11.3 Å². The number of pyridine rings is 1. The van der Waals surface area contributed by atoms with Crippen molar-refractivity contribution in [3.05, 3.63) is 24.0 Å². The van der Waals surface area contributed by atoms with Gasteiger partial charge in [0.25, 0.3) is 11.8 Å². The summed E-state index contributed by atoms with van der Waals surface area (Å²) in [4.78, 5) is 8.12. The van der Waals surface area contributed by atoms with E-state index < -0.39 is 0 Å². The van der Waals surface area contributed by atoms with E-state index in [2.05, 4.69) is 27.8 Å². The molecule has 0 radical (unpaired) electrons. The fourth-order valence-corrected chi connectivity index (χ4v) is 1.28. The lowest BCUT2D eigenvalue weighted by Gasteiger charge is -2.02. The van der Waals surface area contributed by atoms with Crippen molar-refractivity contribution in [1.29, 1.82) is 0 Å². The average molecular weight is 222 g/mol. The lowest BCUT2D eigenvalue weighted by atomic mass is 10.2. The van der Waals surface area contributed by atoms with Crippen molar-refractivity contribution >= 4 is 18.6 Å². The summed E-state index contributed by atoms with van der Waals surface area (Å²) in [7, 11) is 0. The zero-order valence-electron chi connectivity index (χ0n) is 8.08. The Morgan fingerprint density at radius 2 is 2.27 bits per heavy atom. The molecule has 0 aromatic carbocycles. The molecule has 0 amide bonds. The van der Waals surface area contributed by atoms with E-state index in [-0.39, 0.29) is 11.2 Å². The molecule has 0 fully saturated rings. The summed E-state index contributed by atoms with van der Waals surface area (Å²) in [5, 5.41) is 3.60. The van der Waals surface area contributed by atoms with Crippen molar-refractivity contribution in [2.45, 2.75) is 12.2 Å². The smallest absolute Gasteiger partial charge is 0.261 e. The van der Waals surface area contributed by atoms with Crippen LogP contribution in [0.5, 0.6) is 0 Å². The molecule has 0 bridgehead atoms. The number of nitrogens with two attached hydrogens (primary N) is 1. The molecule has 0 saturated carbocycles. The second kappa shape index (κ2) is 3.90. The van der Waals surface area contributed by atoms with Gasteiger partial charge in [-0.05, 0) is 24.2 Å². The second-order valence-corrected chi connectivity index (χ2v) is 3.88. The average Bonchev–Trinajstić information content (AvgIpc) is 2.65. The molecule has 0 aliphatic rings. The van der Waals surface area contributed by atoms with Gasteiger partial charge in [-0.1, -0.05) is 0 Å². The SMILES string of the molecule is CC(S)c1ccc(-c2nc(N)no2)cn1. The Balaban J connectivity index is 2.31. The predicted octanol–water partition coefficient (Wildman–Crippen LogP) is 1.70. The number of rotatable bonds is 2. The summed E-state index contributed by atoms with van der Waals surface area (Å²) in [6, 6.07) is 3.72. The quantitative estimate of drug-likeness (QED) is 0.756. The minimum atomic E-state index is 0.104. The highest BCUT2D eigenvalue weighted by Gasteiger charge is 2.08. The maximum absolute atomic E-state index is 5.35. The van der Waals surface area contributed by atoms with Crippen LogP contribution in [0.2, 0.25) is 0 Å². The van der Waals surface area contributed by atoms with Crippen LogP contribution < -0.4 is 5.73 Å². The van der Waals surface area contributed by atoms with Gasteiger partial charge in [-0.15, -0.1) is 0 Å². The maximum Gasteiger partial charge on any atom is 0.261 e. The molecule has 2 N–H and O–H groups in total. The van der Waals surface area contributed by atoms with Gasteiger partial charge in [0.2, 0.25) is 0 Å². The van der Waals surface area contributed by atoms with Crippen molar-refractivity contribution in [1.82, 2.24) is 15.1 Å². The Hall–Kier alpha value is -1.56. The van der Waals surface area contributed by atoms with Gasteiger partial charge >= 0.3 is 0 Å². The van der Waals surface area contributed by atoms with E-state index in [4.69, 9.17) is 10.3 Å². The molecule has 2 aromatic heterocycles. The molecule has 5 nitrogen and oxygen atoms in total. The monoisotopic (exact) mass is 222 g/mol. The molecule has 0 aliphatic carbocycles. The lowest BCUT2D eigenvalue weighted by molar-refractivity contribution is 0.433. The number of anilines is 1. The van der Waals surface area contributed by atoms with Crippen molar-refractivity contribution in [2.75, 3.05) is 5.73 Å². The topological polar surface area (TPSA) is 77.8 Å². The fraction of sp³-hybridized carbons (Fsp3) is 0.222. The van der Waals surface area contributed by atoms with Crippen molar-refractivity contribution in [3.63, 3.8) is 0 Å². The van der Waals surface area contributed by atoms with Crippen LogP contribution in [0.1, 0.15) is 17.9 Å². The van der Waals surface area contributed by atoms with Crippen LogP contribution in [0.15, 0.2) is 22.9 Å². The van der Waals surface area contributed by atoms with Crippen LogP contribution in [0.3, 0.4) is 0 Å². The third-order valence-corrected chi connectivity index (χ3v) is 2.17. The lowest BCUT2D eigenvalue weighted by Crippen LogP contribution is -1.90. The molecular formula is C9H10N4OS. The van der Waals surface area contributed by atoms with Gasteiger partial charge in [0.1, 0.15) is 0 Å². The van der Waals surface area contributed by atoms with Crippen LogP contribution >= 0.6 is 12.6 Å². The highest BCUT2D eigenvalue weighted by molar-refractivity contribution is 7.80. The summed E-state index contributed by atoms with van der Waals surface area (Å²) in [6.07, 6.45) is 1.66. The number of thiol groups is 1. The molecule has 6 heteroatoms.